The van der Waals surface area contributed by atoms with E-state index < -0.39 is 5.97 Å². The van der Waals surface area contributed by atoms with Crippen LogP contribution in [0.3, 0.4) is 0 Å². The second kappa shape index (κ2) is 16.8. The summed E-state index contributed by atoms with van der Waals surface area (Å²) in [5.74, 6) is 1.33. The van der Waals surface area contributed by atoms with E-state index in [0.717, 1.165) is 124 Å². The van der Waals surface area contributed by atoms with Crippen molar-refractivity contribution in [3.63, 3.8) is 0 Å². The number of aromatic nitrogens is 5. The molecular weight excluding hydrogens is 786 g/mol. The molecule has 1 saturated heterocycles. The molecule has 6 aromatic rings. The number of anilines is 2. The van der Waals surface area contributed by atoms with Gasteiger partial charge in [0.1, 0.15) is 29.5 Å². The van der Waals surface area contributed by atoms with Crippen LogP contribution in [0.15, 0.2) is 59.5 Å². The molecule has 0 spiro atoms. The average Bonchev–Trinajstić information content (AvgIpc) is 3.86. The fourth-order valence-electron chi connectivity index (χ4n) is 8.77. The molecule has 0 aliphatic carbocycles. The number of carboxylic acids is 1. The van der Waals surface area contributed by atoms with Crippen LogP contribution in [-0.4, -0.2) is 74.5 Å². The highest BCUT2D eigenvalue weighted by Crippen LogP contribution is 2.43. The molecule has 9 rings (SSSR count). The number of halogens is 1. The smallest absolute Gasteiger partial charge is 0.352 e. The van der Waals surface area contributed by atoms with Gasteiger partial charge in [0, 0.05) is 79.3 Å². The molecule has 8 bridgehead atoms. The van der Waals surface area contributed by atoms with Crippen molar-refractivity contribution in [3.8, 4) is 22.6 Å². The summed E-state index contributed by atoms with van der Waals surface area (Å²) in [6.07, 6.45) is 3.19. The maximum Gasteiger partial charge on any atom is 0.352 e. The summed E-state index contributed by atoms with van der Waals surface area (Å²) < 4.78 is 18.6. The zero-order chi connectivity index (χ0) is 40.6. The van der Waals surface area contributed by atoms with Crippen LogP contribution < -0.4 is 25.0 Å². The van der Waals surface area contributed by atoms with Crippen LogP contribution in [0.4, 0.5) is 11.4 Å². The van der Waals surface area contributed by atoms with Crippen molar-refractivity contribution in [2.75, 3.05) is 49.5 Å². The molecule has 0 amide bonds. The van der Waals surface area contributed by atoms with Gasteiger partial charge in [-0.25, -0.2) is 4.79 Å². The SMILES string of the molecule is Cn1nc2cc1CSc1cc3c(c(c1)OCCCc1c(C(=O)O)n(C)c4c(c(Cl)ccc14)-c1c(COc4ccc(N5CC[N-]CC5)cc4)nn(C)c1CNC2)NCCC3. The fourth-order valence-corrected chi connectivity index (χ4v) is 10.0. The largest absolute Gasteiger partial charge is 0.659 e. The third-order valence-corrected chi connectivity index (χ3v) is 13.0. The number of fused-ring (bicyclic) bond motifs is 8. The van der Waals surface area contributed by atoms with Crippen molar-refractivity contribution in [3.05, 3.63) is 105 Å². The lowest BCUT2D eigenvalue weighted by atomic mass is 9.97. The van der Waals surface area contributed by atoms with Crippen molar-refractivity contribution in [1.29, 1.82) is 0 Å². The van der Waals surface area contributed by atoms with Crippen LogP contribution in [-0.2, 0) is 59.4 Å². The second-order valence-corrected chi connectivity index (χ2v) is 16.9. The first kappa shape index (κ1) is 39.3. The Hall–Kier alpha value is -5.15. The van der Waals surface area contributed by atoms with E-state index >= 15 is 0 Å². The number of nitrogens with one attached hydrogen (secondary N) is 2. The number of piperazine rings is 1. The highest BCUT2D eigenvalue weighted by Gasteiger charge is 2.29. The summed E-state index contributed by atoms with van der Waals surface area (Å²) in [6, 6.07) is 18.6. The molecule has 59 heavy (non-hydrogen) atoms. The lowest BCUT2D eigenvalue weighted by Crippen LogP contribution is -2.33. The van der Waals surface area contributed by atoms with Gasteiger partial charge in [0.15, 0.2) is 0 Å². The van der Waals surface area contributed by atoms with E-state index in [9.17, 15) is 9.90 Å². The Morgan fingerprint density at radius 3 is 2.63 bits per heavy atom. The summed E-state index contributed by atoms with van der Waals surface area (Å²) in [6.45, 7) is 6.00. The highest BCUT2D eigenvalue weighted by molar-refractivity contribution is 7.98. The summed E-state index contributed by atoms with van der Waals surface area (Å²) in [4.78, 5) is 16.6. The maximum atomic E-state index is 13.1. The van der Waals surface area contributed by atoms with E-state index in [1.165, 1.54) is 5.56 Å². The maximum absolute atomic E-state index is 13.1. The Kier molecular flexibility index (Phi) is 11.2. The monoisotopic (exact) mass is 834 g/mol. The Labute approximate surface area is 353 Å². The van der Waals surface area contributed by atoms with Crippen LogP contribution in [0.5, 0.6) is 11.5 Å². The molecular formula is C44H49ClN9O4S-. The van der Waals surface area contributed by atoms with E-state index in [-0.39, 0.29) is 12.3 Å². The van der Waals surface area contributed by atoms with Crippen molar-refractivity contribution in [2.24, 2.45) is 21.1 Å². The first-order chi connectivity index (χ1) is 28.7. The number of carboxylic acid groups (broad SMARTS) is 1. The first-order valence-electron chi connectivity index (χ1n) is 20.3. The predicted octanol–water partition coefficient (Wildman–Crippen LogP) is 7.70. The number of thioether (sulfide) groups is 1. The summed E-state index contributed by atoms with van der Waals surface area (Å²) in [5, 5.41) is 33.6. The molecule has 3 aromatic carbocycles. The Morgan fingerprint density at radius 2 is 1.81 bits per heavy atom. The standard InChI is InChI=1S/C44H49ClN9O4S/c1-51-42-34-12-13-35(45)39(42)40-36(25-58-31-10-8-29(9-11-31)54-17-15-46-16-18-54)50-53(3)37(40)24-47-23-28-21-30(52(2)49-28)26-59-32-20-27-6-4-14-48-41(27)38(22-32)57-19-5-7-33(34)43(51)44(55)56/h8-13,20-22,47-48H,4-7,14-19,23-26H2,1-3H3,(H,55,56)/q-1. The summed E-state index contributed by atoms with van der Waals surface area (Å²) >= 11 is 9.00. The minimum absolute atomic E-state index is 0.179. The Balaban J connectivity index is 1.11. The van der Waals surface area contributed by atoms with Crippen LogP contribution in [0.25, 0.3) is 27.3 Å². The zero-order valence-electron chi connectivity index (χ0n) is 33.7. The van der Waals surface area contributed by atoms with Crippen molar-refractivity contribution in [1.82, 2.24) is 29.4 Å². The number of aryl methyl sites for hydroxylation is 5. The molecule has 3 N–H and O–H groups in total. The molecule has 6 heterocycles. The number of ether oxygens (including phenoxy) is 2. The van der Waals surface area contributed by atoms with Gasteiger partial charge in [-0.2, -0.15) is 10.2 Å². The van der Waals surface area contributed by atoms with Crippen LogP contribution >= 0.6 is 23.4 Å². The van der Waals surface area contributed by atoms with Gasteiger partial charge in [-0.3, -0.25) is 9.36 Å². The molecule has 308 valence electrons. The van der Waals surface area contributed by atoms with E-state index in [1.807, 2.05) is 54.8 Å². The number of benzene rings is 3. The molecule has 0 saturated carbocycles. The van der Waals surface area contributed by atoms with Crippen molar-refractivity contribution in [2.45, 2.75) is 56.0 Å². The van der Waals surface area contributed by atoms with Gasteiger partial charge in [-0.15, -0.1) is 24.9 Å². The number of hydrogen-bond donors (Lipinski definition) is 3. The van der Waals surface area contributed by atoms with Gasteiger partial charge in [-0.1, -0.05) is 17.7 Å². The van der Waals surface area contributed by atoms with E-state index in [2.05, 4.69) is 51.2 Å². The second-order valence-electron chi connectivity index (χ2n) is 15.4. The summed E-state index contributed by atoms with van der Waals surface area (Å²) in [7, 11) is 5.73. The number of rotatable bonds is 5. The Morgan fingerprint density at radius 1 is 0.983 bits per heavy atom. The van der Waals surface area contributed by atoms with Gasteiger partial charge < -0.3 is 40.0 Å². The third-order valence-electron chi connectivity index (χ3n) is 11.7. The molecule has 0 unspecified atom stereocenters. The molecule has 3 aliphatic rings. The van der Waals surface area contributed by atoms with Gasteiger partial charge in [0.2, 0.25) is 0 Å². The minimum atomic E-state index is -0.993. The lowest BCUT2D eigenvalue weighted by Gasteiger charge is -2.36. The van der Waals surface area contributed by atoms with Crippen LogP contribution in [0.2, 0.25) is 5.02 Å². The van der Waals surface area contributed by atoms with Crippen LogP contribution in [0.1, 0.15) is 57.2 Å². The highest BCUT2D eigenvalue weighted by atomic mass is 35.5. The number of carbonyl (C=O) groups is 1. The molecule has 3 aromatic heterocycles. The topological polar surface area (TPSA) is 138 Å². The van der Waals surface area contributed by atoms with E-state index in [1.54, 1.807) is 16.3 Å². The number of nitrogens with zero attached hydrogens (tertiary/aromatic N) is 7. The molecule has 0 radical (unpaired) electrons. The van der Waals surface area contributed by atoms with E-state index in [0.29, 0.717) is 43.3 Å². The third kappa shape index (κ3) is 7.86. The van der Waals surface area contributed by atoms with Gasteiger partial charge in [0.25, 0.3) is 0 Å². The van der Waals surface area contributed by atoms with Crippen molar-refractivity contribution >= 4 is 51.6 Å². The molecule has 15 heteroatoms. The zero-order valence-corrected chi connectivity index (χ0v) is 35.3. The average molecular weight is 835 g/mol. The molecule has 13 nitrogen and oxygen atoms in total. The Bertz CT molecular complexity index is 2520. The molecule has 1 fully saturated rings. The molecule has 0 atom stereocenters. The summed E-state index contributed by atoms with van der Waals surface area (Å²) in [5.41, 5.74) is 10.4. The quantitative estimate of drug-likeness (QED) is 0.159. The number of aromatic carboxylic acids is 1. The van der Waals surface area contributed by atoms with Crippen molar-refractivity contribution < 1.29 is 19.4 Å². The first-order valence-corrected chi connectivity index (χ1v) is 21.7. The van der Waals surface area contributed by atoms with Gasteiger partial charge in [-0.05, 0) is 98.4 Å². The van der Waals surface area contributed by atoms with Crippen LogP contribution in [0, 0.1) is 0 Å². The lowest BCUT2D eigenvalue weighted by molar-refractivity contribution is 0.0685. The minimum Gasteiger partial charge on any atom is -0.659 e. The van der Waals surface area contributed by atoms with Gasteiger partial charge in [0.05, 0.1) is 34.2 Å². The predicted molar refractivity (Wildman–Crippen MR) is 234 cm³/mol. The van der Waals surface area contributed by atoms with Gasteiger partial charge >= 0.3 is 5.97 Å². The fraction of sp³-hybridized carbons (Fsp3) is 0.386. The molecule has 3 aliphatic heterocycles. The number of hydrogen-bond acceptors (Lipinski definition) is 9. The normalized spacial score (nSPS) is 16.2. The van der Waals surface area contributed by atoms with E-state index in [4.69, 9.17) is 31.3 Å².